The SMILES string of the molecule is C=CCCC(=O)OC[C@@H](NC(=O)[C@@H]1[C@H]2C(=O)N(CCCCO)[C@H](C(=O)N(CC=C)C3CCCCC3)[C@]23CC[C@H]1O3)c1ccccc1. The number of hydrogen-bond acceptors (Lipinski definition) is 7. The third kappa shape index (κ3) is 6.79. The first kappa shape index (κ1) is 33.9. The number of nitrogens with one attached hydrogen (secondary N) is 1. The number of rotatable bonds is 16. The van der Waals surface area contributed by atoms with Crippen molar-refractivity contribution in [2.24, 2.45) is 11.8 Å². The number of aliphatic hydroxyl groups excluding tert-OH is 1. The van der Waals surface area contributed by atoms with Crippen LogP contribution in [-0.4, -0.2) is 88.7 Å². The Morgan fingerprint density at radius 1 is 1.11 bits per heavy atom. The summed E-state index contributed by atoms with van der Waals surface area (Å²) in [5.41, 5.74) is -0.330. The first-order valence-electron chi connectivity index (χ1n) is 17.0. The molecule has 10 nitrogen and oxygen atoms in total. The summed E-state index contributed by atoms with van der Waals surface area (Å²) in [7, 11) is 0. The van der Waals surface area contributed by atoms with E-state index in [-0.39, 0.29) is 49.4 Å². The molecule has 0 radical (unpaired) electrons. The molecule has 1 saturated carbocycles. The van der Waals surface area contributed by atoms with Crippen LogP contribution in [0.5, 0.6) is 0 Å². The Kier molecular flexibility index (Phi) is 11.3. The van der Waals surface area contributed by atoms with Crippen LogP contribution in [0.3, 0.4) is 0 Å². The van der Waals surface area contributed by atoms with Crippen LogP contribution in [0, 0.1) is 11.8 Å². The van der Waals surface area contributed by atoms with E-state index >= 15 is 0 Å². The minimum atomic E-state index is -1.10. The van der Waals surface area contributed by atoms with E-state index in [0.717, 1.165) is 37.7 Å². The fraction of sp³-hybridized carbons (Fsp3) is 0.611. The van der Waals surface area contributed by atoms with Gasteiger partial charge >= 0.3 is 5.97 Å². The molecule has 3 aliphatic heterocycles. The Labute approximate surface area is 272 Å². The topological polar surface area (TPSA) is 125 Å². The molecule has 1 aromatic carbocycles. The number of carbonyl (C=O) groups excluding carboxylic acids is 4. The van der Waals surface area contributed by atoms with Crippen molar-refractivity contribution >= 4 is 23.7 Å². The van der Waals surface area contributed by atoms with Crippen LogP contribution in [0.15, 0.2) is 55.6 Å². The van der Waals surface area contributed by atoms with Crippen LogP contribution in [-0.2, 0) is 28.7 Å². The number of allylic oxidation sites excluding steroid dienone is 1. The molecule has 250 valence electrons. The standard InChI is InChI=1S/C36H49N3O7/c1-3-5-18-29(41)45-24-27(25-14-8-6-9-15-25)37-33(42)30-28-19-20-36(46-28)31(30)34(43)39(22-12-13-23-40)32(36)35(44)38(21-4-2)26-16-10-7-11-17-26/h3-4,6,8-9,14-15,26-28,30-32,40H,1-2,5,7,10-13,16-24H2,(H,37,42)/t27-,28-,30+,31+,32-,36+/m1/s1. The maximum absolute atomic E-state index is 14.6. The number of benzene rings is 1. The van der Waals surface area contributed by atoms with E-state index in [1.165, 1.54) is 0 Å². The molecule has 3 saturated heterocycles. The number of hydrogen-bond donors (Lipinski definition) is 2. The summed E-state index contributed by atoms with van der Waals surface area (Å²) in [4.78, 5) is 59.0. The normalized spacial score (nSPS) is 27.6. The maximum Gasteiger partial charge on any atom is 0.306 e. The van der Waals surface area contributed by atoms with Gasteiger partial charge in [-0.2, -0.15) is 0 Å². The van der Waals surface area contributed by atoms with Crippen molar-refractivity contribution in [2.45, 2.75) is 100 Å². The highest BCUT2D eigenvalue weighted by molar-refractivity contribution is 5.99. The molecule has 0 aromatic heterocycles. The van der Waals surface area contributed by atoms with E-state index in [2.05, 4.69) is 18.5 Å². The lowest BCUT2D eigenvalue weighted by atomic mass is 9.70. The lowest BCUT2D eigenvalue weighted by Gasteiger charge is -2.40. The summed E-state index contributed by atoms with van der Waals surface area (Å²) < 4.78 is 12.2. The van der Waals surface area contributed by atoms with Crippen LogP contribution >= 0.6 is 0 Å². The van der Waals surface area contributed by atoms with Crippen molar-refractivity contribution in [3.05, 3.63) is 61.2 Å². The molecular weight excluding hydrogens is 586 g/mol. The van der Waals surface area contributed by atoms with E-state index < -0.39 is 35.6 Å². The van der Waals surface area contributed by atoms with E-state index in [0.29, 0.717) is 45.2 Å². The second-order valence-corrected chi connectivity index (χ2v) is 13.1. The highest BCUT2D eigenvalue weighted by Gasteiger charge is 2.74. The van der Waals surface area contributed by atoms with Crippen molar-refractivity contribution in [3.8, 4) is 0 Å². The van der Waals surface area contributed by atoms with Crippen LogP contribution in [0.4, 0.5) is 0 Å². The van der Waals surface area contributed by atoms with Crippen LogP contribution < -0.4 is 5.32 Å². The van der Waals surface area contributed by atoms with Gasteiger partial charge in [0.15, 0.2) is 0 Å². The number of fused-ring (bicyclic) bond motifs is 1. The Balaban J connectivity index is 1.42. The summed E-state index contributed by atoms with van der Waals surface area (Å²) in [5, 5.41) is 12.6. The largest absolute Gasteiger partial charge is 0.463 e. The zero-order valence-corrected chi connectivity index (χ0v) is 26.8. The molecule has 2 bridgehead atoms. The molecule has 4 fully saturated rings. The highest BCUT2D eigenvalue weighted by Crippen LogP contribution is 2.58. The van der Waals surface area contributed by atoms with Gasteiger partial charge in [0.2, 0.25) is 17.7 Å². The zero-order valence-electron chi connectivity index (χ0n) is 26.8. The molecule has 1 aliphatic carbocycles. The van der Waals surface area contributed by atoms with Gasteiger partial charge in [-0.25, -0.2) is 0 Å². The smallest absolute Gasteiger partial charge is 0.306 e. The average molecular weight is 636 g/mol. The highest BCUT2D eigenvalue weighted by atomic mass is 16.5. The van der Waals surface area contributed by atoms with Gasteiger partial charge in [0.25, 0.3) is 0 Å². The van der Waals surface area contributed by atoms with Crippen molar-refractivity contribution < 1.29 is 33.8 Å². The number of esters is 1. The van der Waals surface area contributed by atoms with Crippen LogP contribution in [0.1, 0.15) is 82.2 Å². The number of aliphatic hydroxyl groups is 1. The van der Waals surface area contributed by atoms with E-state index in [9.17, 15) is 24.3 Å². The van der Waals surface area contributed by atoms with Crippen LogP contribution in [0.25, 0.3) is 0 Å². The van der Waals surface area contributed by atoms with Crippen LogP contribution in [0.2, 0.25) is 0 Å². The molecule has 6 atom stereocenters. The second kappa shape index (κ2) is 15.4. The summed E-state index contributed by atoms with van der Waals surface area (Å²) in [6, 6.07) is 7.90. The van der Waals surface area contributed by atoms with Gasteiger partial charge in [-0.1, -0.05) is 61.7 Å². The molecule has 5 rings (SSSR count). The summed E-state index contributed by atoms with van der Waals surface area (Å²) in [6.07, 6.45) is 10.8. The number of carbonyl (C=O) groups is 4. The van der Waals surface area contributed by atoms with Crippen molar-refractivity contribution in [1.29, 1.82) is 0 Å². The third-order valence-corrected chi connectivity index (χ3v) is 10.3. The lowest BCUT2D eigenvalue weighted by Crippen LogP contribution is -2.58. The predicted octanol–water partition coefficient (Wildman–Crippen LogP) is 3.85. The maximum atomic E-state index is 14.6. The predicted molar refractivity (Wildman–Crippen MR) is 172 cm³/mol. The Morgan fingerprint density at radius 3 is 2.57 bits per heavy atom. The molecule has 1 aromatic rings. The Hall–Kier alpha value is -3.50. The molecule has 3 heterocycles. The fourth-order valence-corrected chi connectivity index (χ4v) is 8.12. The van der Waals surface area contributed by atoms with Gasteiger partial charge in [-0.3, -0.25) is 19.2 Å². The summed E-state index contributed by atoms with van der Waals surface area (Å²) in [5.74, 6) is -2.71. The van der Waals surface area contributed by atoms with Gasteiger partial charge in [-0.15, -0.1) is 13.2 Å². The van der Waals surface area contributed by atoms with E-state index in [1.54, 1.807) is 17.1 Å². The lowest BCUT2D eigenvalue weighted by molar-refractivity contribution is -0.150. The molecule has 3 amide bonds. The quantitative estimate of drug-likeness (QED) is 0.161. The average Bonchev–Trinajstić information content (AvgIpc) is 3.72. The summed E-state index contributed by atoms with van der Waals surface area (Å²) in [6.45, 7) is 8.19. The molecule has 0 unspecified atom stereocenters. The zero-order chi connectivity index (χ0) is 32.7. The third-order valence-electron chi connectivity index (χ3n) is 10.3. The summed E-state index contributed by atoms with van der Waals surface area (Å²) >= 11 is 0. The van der Waals surface area contributed by atoms with Gasteiger partial charge in [0.05, 0.1) is 24.0 Å². The molecule has 10 heteroatoms. The monoisotopic (exact) mass is 635 g/mol. The minimum Gasteiger partial charge on any atom is -0.463 e. The van der Waals surface area contributed by atoms with Crippen molar-refractivity contribution in [1.82, 2.24) is 15.1 Å². The number of nitrogens with zero attached hydrogens (tertiary/aromatic N) is 2. The number of amides is 3. The number of ether oxygens (including phenoxy) is 2. The molecule has 2 N–H and O–H groups in total. The first-order chi connectivity index (χ1) is 22.4. The Morgan fingerprint density at radius 2 is 1.87 bits per heavy atom. The molecule has 4 aliphatic rings. The molecule has 46 heavy (non-hydrogen) atoms. The van der Waals surface area contributed by atoms with Gasteiger partial charge < -0.3 is 29.7 Å². The molecular formula is C36H49N3O7. The van der Waals surface area contributed by atoms with Crippen molar-refractivity contribution in [3.63, 3.8) is 0 Å². The van der Waals surface area contributed by atoms with Gasteiger partial charge in [0, 0.05) is 32.2 Å². The molecule has 1 spiro atoms. The van der Waals surface area contributed by atoms with E-state index in [1.807, 2.05) is 35.2 Å². The van der Waals surface area contributed by atoms with Gasteiger partial charge in [0.1, 0.15) is 18.2 Å². The van der Waals surface area contributed by atoms with Crippen molar-refractivity contribution in [2.75, 3.05) is 26.3 Å². The number of likely N-dealkylation sites (tertiary alicyclic amines) is 1. The minimum absolute atomic E-state index is 0.0114. The fourth-order valence-electron chi connectivity index (χ4n) is 8.12. The van der Waals surface area contributed by atoms with E-state index in [4.69, 9.17) is 9.47 Å². The first-order valence-corrected chi connectivity index (χ1v) is 17.0. The second-order valence-electron chi connectivity index (χ2n) is 13.1. The van der Waals surface area contributed by atoms with Gasteiger partial charge in [-0.05, 0) is 50.5 Å². The Bertz CT molecular complexity index is 1270. The number of unbranched alkanes of at least 4 members (excludes halogenated alkanes) is 1.